The first-order chi connectivity index (χ1) is 9.63. The molecule has 2 aliphatic heterocycles. The Labute approximate surface area is 121 Å². The smallest absolute Gasteiger partial charge is 0.144 e. The molecule has 20 heavy (non-hydrogen) atoms. The molecule has 3 rings (SSSR count). The molecule has 0 aromatic heterocycles. The highest BCUT2D eigenvalue weighted by molar-refractivity contribution is 5.62. The van der Waals surface area contributed by atoms with E-state index in [2.05, 4.69) is 21.9 Å². The number of anilines is 2. The van der Waals surface area contributed by atoms with Crippen LogP contribution in [0.5, 0.6) is 5.75 Å². The molecule has 0 spiro atoms. The fourth-order valence-corrected chi connectivity index (χ4v) is 3.30. The third-order valence-electron chi connectivity index (χ3n) is 4.31. The maximum Gasteiger partial charge on any atom is 0.144 e. The number of ether oxygens (including phenoxy) is 1. The summed E-state index contributed by atoms with van der Waals surface area (Å²) in [5.41, 5.74) is 7.96. The number of benzene rings is 1. The highest BCUT2D eigenvalue weighted by atomic mass is 16.5. The third kappa shape index (κ3) is 2.70. The van der Waals surface area contributed by atoms with E-state index in [0.717, 1.165) is 30.6 Å². The molecule has 4 nitrogen and oxygen atoms in total. The predicted molar refractivity (Wildman–Crippen MR) is 83.4 cm³/mol. The van der Waals surface area contributed by atoms with Crippen LogP contribution in [0.1, 0.15) is 26.7 Å². The topological polar surface area (TPSA) is 41.7 Å². The number of nitrogens with zero attached hydrogens (tertiary/aromatic N) is 2. The van der Waals surface area contributed by atoms with Gasteiger partial charge >= 0.3 is 0 Å². The predicted octanol–water partition coefficient (Wildman–Crippen LogP) is 2.34. The Kier molecular flexibility index (Phi) is 3.74. The van der Waals surface area contributed by atoms with Crippen LogP contribution in [0.15, 0.2) is 18.2 Å². The summed E-state index contributed by atoms with van der Waals surface area (Å²) in [6.07, 6.45) is 2.84. The molecule has 0 radical (unpaired) electrons. The quantitative estimate of drug-likeness (QED) is 0.860. The van der Waals surface area contributed by atoms with E-state index in [0.29, 0.717) is 0 Å². The van der Waals surface area contributed by atoms with Gasteiger partial charge in [0.25, 0.3) is 0 Å². The second-order valence-corrected chi connectivity index (χ2v) is 6.17. The van der Waals surface area contributed by atoms with Crippen molar-refractivity contribution in [2.75, 3.05) is 36.8 Å². The van der Waals surface area contributed by atoms with Crippen molar-refractivity contribution >= 4 is 11.4 Å². The SMILES string of the molecule is CC(C)Oc1cc(N2CCN3CCCC3C2)ccc1N. The lowest BCUT2D eigenvalue weighted by atomic mass is 10.1. The molecule has 0 bridgehead atoms. The molecular formula is C16H25N3O. The van der Waals surface area contributed by atoms with Crippen molar-refractivity contribution in [1.82, 2.24) is 4.90 Å². The van der Waals surface area contributed by atoms with E-state index in [9.17, 15) is 0 Å². The molecular weight excluding hydrogens is 250 g/mol. The van der Waals surface area contributed by atoms with Crippen molar-refractivity contribution < 1.29 is 4.74 Å². The third-order valence-corrected chi connectivity index (χ3v) is 4.31. The van der Waals surface area contributed by atoms with Gasteiger partial charge in [0.15, 0.2) is 0 Å². The molecule has 110 valence electrons. The highest BCUT2D eigenvalue weighted by Crippen LogP contribution is 2.31. The minimum absolute atomic E-state index is 0.152. The van der Waals surface area contributed by atoms with E-state index in [1.807, 2.05) is 19.9 Å². The van der Waals surface area contributed by atoms with Crippen molar-refractivity contribution in [2.24, 2.45) is 0 Å². The number of hydrogen-bond acceptors (Lipinski definition) is 4. The van der Waals surface area contributed by atoms with E-state index in [1.165, 1.54) is 31.6 Å². The first-order valence-electron chi connectivity index (χ1n) is 7.68. The number of fused-ring (bicyclic) bond motifs is 1. The molecule has 4 heteroatoms. The van der Waals surface area contributed by atoms with Crippen molar-refractivity contribution in [1.29, 1.82) is 0 Å². The van der Waals surface area contributed by atoms with Crippen LogP contribution in [0, 0.1) is 0 Å². The van der Waals surface area contributed by atoms with Gasteiger partial charge in [-0.25, -0.2) is 0 Å². The van der Waals surface area contributed by atoms with Crippen LogP contribution in [-0.2, 0) is 0 Å². The number of hydrogen-bond donors (Lipinski definition) is 1. The van der Waals surface area contributed by atoms with Crippen molar-refractivity contribution in [3.05, 3.63) is 18.2 Å². The van der Waals surface area contributed by atoms with Crippen LogP contribution in [0.3, 0.4) is 0 Å². The van der Waals surface area contributed by atoms with Gasteiger partial charge in [0, 0.05) is 37.4 Å². The zero-order chi connectivity index (χ0) is 14.1. The van der Waals surface area contributed by atoms with Gasteiger partial charge in [-0.15, -0.1) is 0 Å². The van der Waals surface area contributed by atoms with Crippen LogP contribution in [0.25, 0.3) is 0 Å². The lowest BCUT2D eigenvalue weighted by Gasteiger charge is -2.39. The number of rotatable bonds is 3. The van der Waals surface area contributed by atoms with Gasteiger partial charge in [0.2, 0.25) is 0 Å². The lowest BCUT2D eigenvalue weighted by Crippen LogP contribution is -2.50. The van der Waals surface area contributed by atoms with Crippen LogP contribution in [-0.4, -0.2) is 43.2 Å². The standard InChI is InChI=1S/C16H25N3O/c1-12(2)20-16-10-13(5-6-15(16)17)19-9-8-18-7-3-4-14(18)11-19/h5-6,10,12,14H,3-4,7-9,11,17H2,1-2H3. The average Bonchev–Trinajstić information content (AvgIpc) is 2.88. The van der Waals surface area contributed by atoms with Gasteiger partial charge in [-0.1, -0.05) is 0 Å². The van der Waals surface area contributed by atoms with Gasteiger partial charge in [-0.3, -0.25) is 4.90 Å². The summed E-state index contributed by atoms with van der Waals surface area (Å²) in [6.45, 7) is 8.75. The molecule has 1 aromatic carbocycles. The van der Waals surface area contributed by atoms with Gasteiger partial charge < -0.3 is 15.4 Å². The monoisotopic (exact) mass is 275 g/mol. The fourth-order valence-electron chi connectivity index (χ4n) is 3.30. The average molecular weight is 275 g/mol. The van der Waals surface area contributed by atoms with Crippen LogP contribution in [0.2, 0.25) is 0 Å². The van der Waals surface area contributed by atoms with Gasteiger partial charge in [-0.05, 0) is 45.4 Å². The lowest BCUT2D eigenvalue weighted by molar-refractivity contribution is 0.230. The van der Waals surface area contributed by atoms with Gasteiger partial charge in [-0.2, -0.15) is 0 Å². The molecule has 2 saturated heterocycles. The summed E-state index contributed by atoms with van der Waals surface area (Å²) in [6, 6.07) is 6.91. The minimum Gasteiger partial charge on any atom is -0.489 e. The molecule has 1 unspecified atom stereocenters. The van der Waals surface area contributed by atoms with E-state index < -0.39 is 0 Å². The summed E-state index contributed by atoms with van der Waals surface area (Å²) in [4.78, 5) is 5.10. The zero-order valence-electron chi connectivity index (χ0n) is 12.5. The summed E-state index contributed by atoms with van der Waals surface area (Å²) < 4.78 is 5.80. The summed E-state index contributed by atoms with van der Waals surface area (Å²) in [5, 5.41) is 0. The summed E-state index contributed by atoms with van der Waals surface area (Å²) in [5.74, 6) is 0.811. The highest BCUT2D eigenvalue weighted by Gasteiger charge is 2.30. The normalized spacial score (nSPS) is 23.1. The molecule has 0 saturated carbocycles. The van der Waals surface area contributed by atoms with Crippen molar-refractivity contribution in [3.8, 4) is 5.75 Å². The Morgan fingerprint density at radius 3 is 2.90 bits per heavy atom. The van der Waals surface area contributed by atoms with Gasteiger partial charge in [0.1, 0.15) is 5.75 Å². The van der Waals surface area contributed by atoms with Crippen molar-refractivity contribution in [3.63, 3.8) is 0 Å². The Bertz CT molecular complexity index is 475. The van der Waals surface area contributed by atoms with E-state index in [-0.39, 0.29) is 6.10 Å². The number of nitrogen functional groups attached to an aromatic ring is 1. The molecule has 1 aromatic rings. The molecule has 0 amide bonds. The fraction of sp³-hybridized carbons (Fsp3) is 0.625. The van der Waals surface area contributed by atoms with Crippen LogP contribution in [0.4, 0.5) is 11.4 Å². The molecule has 2 aliphatic rings. The first kappa shape index (κ1) is 13.6. The van der Waals surface area contributed by atoms with Gasteiger partial charge in [0.05, 0.1) is 11.8 Å². The second kappa shape index (κ2) is 5.52. The minimum atomic E-state index is 0.152. The maximum absolute atomic E-state index is 6.00. The molecule has 2 heterocycles. The largest absolute Gasteiger partial charge is 0.489 e. The van der Waals surface area contributed by atoms with Crippen LogP contribution < -0.4 is 15.4 Å². The summed E-state index contributed by atoms with van der Waals surface area (Å²) in [7, 11) is 0. The zero-order valence-corrected chi connectivity index (χ0v) is 12.5. The summed E-state index contributed by atoms with van der Waals surface area (Å²) >= 11 is 0. The Morgan fingerprint density at radius 1 is 1.25 bits per heavy atom. The van der Waals surface area contributed by atoms with E-state index in [1.54, 1.807) is 0 Å². The first-order valence-corrected chi connectivity index (χ1v) is 7.68. The Morgan fingerprint density at radius 2 is 2.10 bits per heavy atom. The molecule has 2 fully saturated rings. The van der Waals surface area contributed by atoms with Crippen molar-refractivity contribution in [2.45, 2.75) is 38.8 Å². The maximum atomic E-state index is 6.00. The Balaban J connectivity index is 1.76. The number of piperazine rings is 1. The van der Waals surface area contributed by atoms with E-state index in [4.69, 9.17) is 10.5 Å². The van der Waals surface area contributed by atoms with E-state index >= 15 is 0 Å². The second-order valence-electron chi connectivity index (χ2n) is 6.17. The van der Waals surface area contributed by atoms with Crippen LogP contribution >= 0.6 is 0 Å². The molecule has 0 aliphatic carbocycles. The number of nitrogens with two attached hydrogens (primary N) is 1. The molecule has 1 atom stereocenters. The Hall–Kier alpha value is -1.42. The molecule has 2 N–H and O–H groups in total.